The van der Waals surface area contributed by atoms with Crippen molar-refractivity contribution in [2.24, 2.45) is 28.1 Å². The smallest absolute Gasteiger partial charge is 0.333 e. The molecule has 0 bridgehead atoms. The van der Waals surface area contributed by atoms with E-state index in [4.69, 9.17) is 32.8 Å². The van der Waals surface area contributed by atoms with Crippen molar-refractivity contribution >= 4 is 11.9 Å². The minimum Gasteiger partial charge on any atom is -0.472 e. The van der Waals surface area contributed by atoms with Crippen LogP contribution in [0.1, 0.15) is 79.2 Å². The van der Waals surface area contributed by atoms with Gasteiger partial charge in [-0.2, -0.15) is 0 Å². The largest absolute Gasteiger partial charge is 0.472 e. The molecule has 0 unspecified atom stereocenters. The van der Waals surface area contributed by atoms with E-state index < -0.39 is 34.7 Å². The fourth-order valence-corrected chi connectivity index (χ4v) is 10.3. The van der Waals surface area contributed by atoms with E-state index in [-0.39, 0.29) is 48.0 Å². The molecule has 0 aromatic carbocycles. The number of esters is 2. The van der Waals surface area contributed by atoms with Gasteiger partial charge in [-0.25, -0.2) is 4.79 Å². The molecule has 9 heteroatoms. The lowest BCUT2D eigenvalue weighted by Gasteiger charge is -2.65. The third-order valence-corrected chi connectivity index (χ3v) is 12.3. The summed E-state index contributed by atoms with van der Waals surface area (Å²) in [6, 6.07) is 2.03. The van der Waals surface area contributed by atoms with Gasteiger partial charge in [0.15, 0.2) is 6.29 Å². The van der Waals surface area contributed by atoms with E-state index in [9.17, 15) is 9.59 Å². The first-order valence-corrected chi connectivity index (χ1v) is 15.9. The third-order valence-electron chi connectivity index (χ3n) is 12.3. The number of hydrogen-bond acceptors (Lipinski definition) is 9. The van der Waals surface area contributed by atoms with Crippen molar-refractivity contribution in [3.8, 4) is 0 Å². The second-order valence-corrected chi connectivity index (χ2v) is 14.3. The Morgan fingerprint density at radius 3 is 2.45 bits per heavy atom. The highest BCUT2D eigenvalue weighted by Crippen LogP contribution is 2.74. The molecule has 2 aliphatic heterocycles. The van der Waals surface area contributed by atoms with Crippen LogP contribution in [-0.4, -0.2) is 69.6 Å². The van der Waals surface area contributed by atoms with Crippen molar-refractivity contribution in [3.63, 3.8) is 0 Å². The predicted molar refractivity (Wildman–Crippen MR) is 160 cm³/mol. The molecule has 44 heavy (non-hydrogen) atoms. The van der Waals surface area contributed by atoms with Crippen molar-refractivity contribution in [1.29, 1.82) is 0 Å². The van der Waals surface area contributed by atoms with Crippen molar-refractivity contribution in [2.75, 3.05) is 20.8 Å². The van der Waals surface area contributed by atoms with E-state index in [1.165, 1.54) is 18.1 Å². The average Bonchev–Trinajstić information content (AvgIpc) is 3.76. The normalized spacial score (nSPS) is 42.7. The Balaban J connectivity index is 1.55. The molecule has 0 spiro atoms. The molecule has 4 fully saturated rings. The van der Waals surface area contributed by atoms with E-state index in [0.717, 1.165) is 12.0 Å². The maximum absolute atomic E-state index is 13.5. The molecule has 242 valence electrons. The molecular weight excluding hydrogens is 564 g/mol. The van der Waals surface area contributed by atoms with Crippen LogP contribution >= 0.6 is 0 Å². The first-order valence-electron chi connectivity index (χ1n) is 15.9. The second-order valence-electron chi connectivity index (χ2n) is 14.3. The Hall–Kier alpha value is -2.46. The lowest BCUT2D eigenvalue weighted by molar-refractivity contribution is -0.261. The molecule has 1 aromatic rings. The molecule has 0 N–H and O–H groups in total. The minimum absolute atomic E-state index is 0.0905. The van der Waals surface area contributed by atoms with Crippen LogP contribution in [0, 0.1) is 28.1 Å². The predicted octanol–water partition coefficient (Wildman–Crippen LogP) is 5.74. The van der Waals surface area contributed by atoms with Crippen LogP contribution in [0.2, 0.25) is 0 Å². The summed E-state index contributed by atoms with van der Waals surface area (Å²) in [7, 11) is 3.33. The van der Waals surface area contributed by atoms with Gasteiger partial charge in [-0.05, 0) is 50.3 Å². The number of methoxy groups -OCH3 is 2. The van der Waals surface area contributed by atoms with Gasteiger partial charge in [0.05, 0.1) is 37.4 Å². The van der Waals surface area contributed by atoms with E-state index >= 15 is 0 Å². The van der Waals surface area contributed by atoms with Crippen molar-refractivity contribution < 1.29 is 42.4 Å². The van der Waals surface area contributed by atoms with Gasteiger partial charge in [-0.3, -0.25) is 4.79 Å². The zero-order valence-electron chi connectivity index (χ0n) is 27.5. The molecule has 2 saturated heterocycles. The van der Waals surface area contributed by atoms with E-state index in [1.54, 1.807) is 33.5 Å². The summed E-state index contributed by atoms with van der Waals surface area (Å²) < 4.78 is 43.8. The SMILES string of the molecule is C/C=C(\C)C(=O)O[C@H]1C[C@@H](OC(C)=O)[C@@]2(C)CO[C@H]3[C@H]4O[C@H]5C(=C(C)C[C@@H]5c5ccoc5)[C@@]4(C)[C@H](CC(OC)OC)[C@]1(C)[C@@H]32. The number of carbonyl (C=O) groups is 2. The number of carbonyl (C=O) groups excluding carboxylic acids is 2. The number of furan rings is 1. The van der Waals surface area contributed by atoms with Crippen LogP contribution < -0.4 is 0 Å². The molecule has 0 radical (unpaired) electrons. The van der Waals surface area contributed by atoms with E-state index in [0.29, 0.717) is 25.0 Å². The van der Waals surface area contributed by atoms with Crippen LogP contribution in [0.15, 0.2) is 45.8 Å². The van der Waals surface area contributed by atoms with Gasteiger partial charge < -0.3 is 32.8 Å². The Bertz CT molecular complexity index is 1340. The lowest BCUT2D eigenvalue weighted by Crippen LogP contribution is -2.71. The first kappa shape index (κ1) is 31.5. The average molecular weight is 613 g/mol. The summed E-state index contributed by atoms with van der Waals surface area (Å²) in [5.74, 6) is -0.815. The van der Waals surface area contributed by atoms with Gasteiger partial charge in [-0.1, -0.05) is 32.4 Å². The molecule has 9 nitrogen and oxygen atoms in total. The zero-order chi connectivity index (χ0) is 31.8. The standard InChI is InChI=1S/C35H48O9/c1-10-18(2)32(37)43-25-15-24(42-20(4)36)33(5)17-41-29-30(33)34(25,6)23(14-26(38-8)39-9)35(7)27-19(3)13-22(21-11-12-40-16-21)28(27)44-31(29)35/h10-12,16,22-26,28-31H,13-15,17H2,1-9H3/b18-10+/t22-,23-,24-,25+,28-,29-,30+,31-,33-,34+,35-/m1/s1. The van der Waals surface area contributed by atoms with Gasteiger partial charge in [0, 0.05) is 67.6 Å². The number of ether oxygens (including phenoxy) is 6. The molecule has 3 aliphatic carbocycles. The van der Waals surface area contributed by atoms with Crippen molar-refractivity contribution in [3.05, 3.63) is 47.0 Å². The molecule has 0 amide bonds. The molecule has 3 heterocycles. The van der Waals surface area contributed by atoms with E-state index in [2.05, 4.69) is 27.7 Å². The third kappa shape index (κ3) is 4.32. The molecule has 2 saturated carbocycles. The first-order chi connectivity index (χ1) is 20.9. The molecular formula is C35H48O9. The minimum atomic E-state index is -0.601. The summed E-state index contributed by atoms with van der Waals surface area (Å²) in [6.45, 7) is 14.4. The summed E-state index contributed by atoms with van der Waals surface area (Å²) >= 11 is 0. The topological polar surface area (TPSA) is 103 Å². The van der Waals surface area contributed by atoms with Crippen LogP contribution in [0.4, 0.5) is 0 Å². The summed E-state index contributed by atoms with van der Waals surface area (Å²) in [6.07, 6.45) is 4.91. The second kappa shape index (κ2) is 11.1. The van der Waals surface area contributed by atoms with Crippen molar-refractivity contribution in [2.45, 2.75) is 110 Å². The van der Waals surface area contributed by atoms with Gasteiger partial charge in [-0.15, -0.1) is 0 Å². The monoisotopic (exact) mass is 612 g/mol. The fraction of sp³-hybridized carbons (Fsp3) is 0.714. The maximum atomic E-state index is 13.5. The van der Waals surface area contributed by atoms with E-state index in [1.807, 2.05) is 19.3 Å². The number of rotatable bonds is 8. The highest BCUT2D eigenvalue weighted by atomic mass is 16.7. The molecule has 5 aliphatic rings. The molecule has 11 atom stereocenters. The zero-order valence-corrected chi connectivity index (χ0v) is 27.5. The number of fused-ring (bicyclic) bond motifs is 4. The number of allylic oxidation sites excluding steroid dienone is 2. The Morgan fingerprint density at radius 1 is 1.11 bits per heavy atom. The van der Waals surface area contributed by atoms with Crippen molar-refractivity contribution in [1.82, 2.24) is 0 Å². The Morgan fingerprint density at radius 2 is 1.84 bits per heavy atom. The van der Waals surface area contributed by atoms with Gasteiger partial charge in [0.1, 0.15) is 12.2 Å². The fourth-order valence-electron chi connectivity index (χ4n) is 10.3. The van der Waals surface area contributed by atoms with Crippen LogP contribution in [0.3, 0.4) is 0 Å². The van der Waals surface area contributed by atoms with Gasteiger partial charge in [0.2, 0.25) is 0 Å². The molecule has 1 aromatic heterocycles. The lowest BCUT2D eigenvalue weighted by atomic mass is 9.39. The van der Waals surface area contributed by atoms with Crippen LogP contribution in [-0.2, 0) is 38.0 Å². The summed E-state index contributed by atoms with van der Waals surface area (Å²) in [5, 5.41) is 0. The summed E-state index contributed by atoms with van der Waals surface area (Å²) in [5.41, 5.74) is 2.69. The Kier molecular flexibility index (Phi) is 7.96. The molecule has 6 rings (SSSR count). The van der Waals surface area contributed by atoms with Crippen LogP contribution in [0.25, 0.3) is 0 Å². The van der Waals surface area contributed by atoms with Crippen LogP contribution in [0.5, 0.6) is 0 Å². The number of hydrogen-bond donors (Lipinski definition) is 0. The van der Waals surface area contributed by atoms with Gasteiger partial charge >= 0.3 is 11.9 Å². The quantitative estimate of drug-likeness (QED) is 0.157. The maximum Gasteiger partial charge on any atom is 0.333 e. The van der Waals surface area contributed by atoms with Gasteiger partial charge in [0.25, 0.3) is 0 Å². The summed E-state index contributed by atoms with van der Waals surface area (Å²) in [4.78, 5) is 25.9. The Labute approximate surface area is 260 Å². The highest BCUT2D eigenvalue weighted by molar-refractivity contribution is 5.87. The highest BCUT2D eigenvalue weighted by Gasteiger charge is 2.78.